The molecule has 2 atom stereocenters. The van der Waals surface area contributed by atoms with Gasteiger partial charge in [0.1, 0.15) is 0 Å². The number of nitrogens with zero attached hydrogens (tertiary/aromatic N) is 1. The lowest BCUT2D eigenvalue weighted by atomic mass is 9.99. The van der Waals surface area contributed by atoms with E-state index in [1.54, 1.807) is 6.92 Å². The summed E-state index contributed by atoms with van der Waals surface area (Å²) >= 11 is 0. The van der Waals surface area contributed by atoms with Crippen LogP contribution in [0.2, 0.25) is 0 Å². The molecule has 0 aliphatic carbocycles. The molecular weight excluding hydrogens is 298 g/mol. The average Bonchev–Trinajstić information content (AvgIpc) is 2.49. The monoisotopic (exact) mass is 325 g/mol. The average molecular weight is 325 g/mol. The highest BCUT2D eigenvalue weighted by Gasteiger charge is 2.28. The highest BCUT2D eigenvalue weighted by molar-refractivity contribution is 7.91. The Labute approximate surface area is 134 Å². The van der Waals surface area contributed by atoms with Gasteiger partial charge >= 0.3 is 0 Å². The SMILES string of the molecule is CCS(=O)(=O)CCN1C[C@H](c2cc(C)ccc2C)OC[C@H]1C. The van der Waals surface area contributed by atoms with E-state index in [0.717, 1.165) is 6.54 Å². The van der Waals surface area contributed by atoms with Gasteiger partial charge in [-0.1, -0.05) is 30.7 Å². The number of ether oxygens (including phenoxy) is 1. The number of aryl methyl sites for hydroxylation is 2. The van der Waals surface area contributed by atoms with Gasteiger partial charge < -0.3 is 4.74 Å². The second kappa shape index (κ2) is 7.11. The molecule has 1 aliphatic rings. The van der Waals surface area contributed by atoms with Gasteiger partial charge in [-0.25, -0.2) is 8.42 Å². The van der Waals surface area contributed by atoms with Crippen molar-refractivity contribution < 1.29 is 13.2 Å². The molecule has 5 heteroatoms. The van der Waals surface area contributed by atoms with Crippen LogP contribution in [0.1, 0.15) is 36.6 Å². The van der Waals surface area contributed by atoms with Crippen LogP contribution in [-0.2, 0) is 14.6 Å². The van der Waals surface area contributed by atoms with Crippen LogP contribution >= 0.6 is 0 Å². The quantitative estimate of drug-likeness (QED) is 0.834. The van der Waals surface area contributed by atoms with E-state index in [0.29, 0.717) is 13.2 Å². The second-order valence-corrected chi connectivity index (χ2v) is 8.74. The zero-order valence-corrected chi connectivity index (χ0v) is 14.8. The maximum atomic E-state index is 11.7. The Bertz CT molecular complexity index is 612. The predicted octanol–water partition coefficient (Wildman–Crippen LogP) is 2.50. The smallest absolute Gasteiger partial charge is 0.151 e. The molecule has 0 bridgehead atoms. The fourth-order valence-corrected chi connectivity index (χ4v) is 3.62. The van der Waals surface area contributed by atoms with Crippen LogP contribution in [0.3, 0.4) is 0 Å². The van der Waals surface area contributed by atoms with Crippen LogP contribution in [0.25, 0.3) is 0 Å². The summed E-state index contributed by atoms with van der Waals surface area (Å²) in [5.41, 5.74) is 3.67. The largest absolute Gasteiger partial charge is 0.371 e. The van der Waals surface area contributed by atoms with Gasteiger partial charge in [-0.05, 0) is 31.9 Å². The second-order valence-electron chi connectivity index (χ2n) is 6.26. The molecule has 1 heterocycles. The number of rotatable bonds is 5. The number of hydrogen-bond acceptors (Lipinski definition) is 4. The van der Waals surface area contributed by atoms with E-state index in [9.17, 15) is 8.42 Å². The normalized spacial score (nSPS) is 23.6. The Morgan fingerprint density at radius 1 is 1.32 bits per heavy atom. The Kier molecular flexibility index (Phi) is 5.64. The van der Waals surface area contributed by atoms with Crippen LogP contribution in [0.4, 0.5) is 0 Å². The number of morpholine rings is 1. The summed E-state index contributed by atoms with van der Waals surface area (Å²) < 4.78 is 29.5. The molecule has 0 amide bonds. The first-order valence-electron chi connectivity index (χ1n) is 7.95. The maximum absolute atomic E-state index is 11.7. The van der Waals surface area contributed by atoms with Crippen LogP contribution in [-0.4, -0.2) is 50.6 Å². The molecule has 22 heavy (non-hydrogen) atoms. The zero-order valence-electron chi connectivity index (χ0n) is 14.0. The lowest BCUT2D eigenvalue weighted by molar-refractivity contribution is -0.0580. The van der Waals surface area contributed by atoms with Gasteiger partial charge in [0.15, 0.2) is 9.84 Å². The van der Waals surface area contributed by atoms with E-state index in [2.05, 4.69) is 43.9 Å². The molecular formula is C17H27NO3S. The third-order valence-electron chi connectivity index (χ3n) is 4.47. The summed E-state index contributed by atoms with van der Waals surface area (Å²) in [4.78, 5) is 2.24. The molecule has 1 aliphatic heterocycles. The molecule has 2 rings (SSSR count). The lowest BCUT2D eigenvalue weighted by Gasteiger charge is -2.38. The zero-order chi connectivity index (χ0) is 16.3. The van der Waals surface area contributed by atoms with Crippen molar-refractivity contribution in [3.05, 3.63) is 34.9 Å². The fraction of sp³-hybridized carbons (Fsp3) is 0.647. The molecule has 0 saturated carbocycles. The van der Waals surface area contributed by atoms with Crippen LogP contribution in [0.15, 0.2) is 18.2 Å². The highest BCUT2D eigenvalue weighted by Crippen LogP contribution is 2.28. The molecule has 0 N–H and O–H groups in total. The van der Waals surface area contributed by atoms with Crippen LogP contribution in [0, 0.1) is 13.8 Å². The first-order chi connectivity index (χ1) is 10.3. The minimum absolute atomic E-state index is 0.0282. The number of sulfone groups is 1. The van der Waals surface area contributed by atoms with Crippen molar-refractivity contribution in [3.8, 4) is 0 Å². The minimum Gasteiger partial charge on any atom is -0.371 e. The van der Waals surface area contributed by atoms with Crippen molar-refractivity contribution in [3.63, 3.8) is 0 Å². The first-order valence-corrected chi connectivity index (χ1v) is 9.77. The van der Waals surface area contributed by atoms with Crippen molar-refractivity contribution in [2.24, 2.45) is 0 Å². The molecule has 0 radical (unpaired) electrons. The Morgan fingerprint density at radius 2 is 2.05 bits per heavy atom. The van der Waals surface area contributed by atoms with Crippen LogP contribution in [0.5, 0.6) is 0 Å². The molecule has 1 aromatic carbocycles. The van der Waals surface area contributed by atoms with Gasteiger partial charge in [0.2, 0.25) is 0 Å². The highest BCUT2D eigenvalue weighted by atomic mass is 32.2. The van der Waals surface area contributed by atoms with E-state index >= 15 is 0 Å². The summed E-state index contributed by atoms with van der Waals surface area (Å²) in [6.07, 6.45) is 0.0282. The molecule has 4 nitrogen and oxygen atoms in total. The number of benzene rings is 1. The standard InChI is InChI=1S/C17H27NO3S/c1-5-22(19,20)9-8-18-11-17(21-12-15(18)4)16-10-13(2)6-7-14(16)3/h6-7,10,15,17H,5,8-9,11-12H2,1-4H3/t15-,17-/m1/s1. The summed E-state index contributed by atoms with van der Waals surface area (Å²) in [7, 11) is -2.92. The van der Waals surface area contributed by atoms with Gasteiger partial charge in [-0.3, -0.25) is 4.90 Å². The molecule has 124 valence electrons. The summed E-state index contributed by atoms with van der Waals surface area (Å²) in [5, 5.41) is 0. The topological polar surface area (TPSA) is 46.6 Å². The molecule has 0 aromatic heterocycles. The maximum Gasteiger partial charge on any atom is 0.151 e. The van der Waals surface area contributed by atoms with Crippen molar-refractivity contribution in [1.82, 2.24) is 4.90 Å². The van der Waals surface area contributed by atoms with Gasteiger partial charge in [0.25, 0.3) is 0 Å². The third-order valence-corrected chi connectivity index (χ3v) is 6.16. The summed E-state index contributed by atoms with van der Waals surface area (Å²) in [5.74, 6) is 0.444. The summed E-state index contributed by atoms with van der Waals surface area (Å²) in [6.45, 7) is 9.97. The van der Waals surface area contributed by atoms with Crippen molar-refractivity contribution in [1.29, 1.82) is 0 Å². The van der Waals surface area contributed by atoms with E-state index < -0.39 is 9.84 Å². The Hall–Kier alpha value is -0.910. The molecule has 1 saturated heterocycles. The third kappa shape index (κ3) is 4.31. The minimum atomic E-state index is -2.92. The van der Waals surface area contributed by atoms with E-state index in [1.807, 2.05) is 0 Å². The first kappa shape index (κ1) is 17.4. The van der Waals surface area contributed by atoms with Gasteiger partial charge in [-0.15, -0.1) is 0 Å². The van der Waals surface area contributed by atoms with Crippen LogP contribution < -0.4 is 0 Å². The molecule has 0 spiro atoms. The fourth-order valence-electron chi connectivity index (χ4n) is 2.81. The van der Waals surface area contributed by atoms with Gasteiger partial charge in [-0.2, -0.15) is 0 Å². The van der Waals surface area contributed by atoms with Gasteiger partial charge in [0, 0.05) is 24.9 Å². The molecule has 1 aromatic rings. The van der Waals surface area contributed by atoms with E-state index in [1.165, 1.54) is 16.7 Å². The van der Waals surface area contributed by atoms with E-state index in [4.69, 9.17) is 4.74 Å². The molecule has 0 unspecified atom stereocenters. The van der Waals surface area contributed by atoms with Crippen molar-refractivity contribution >= 4 is 9.84 Å². The number of hydrogen-bond donors (Lipinski definition) is 0. The van der Waals surface area contributed by atoms with E-state index in [-0.39, 0.29) is 23.7 Å². The molecule has 1 fully saturated rings. The predicted molar refractivity (Wildman–Crippen MR) is 90.0 cm³/mol. The Balaban J connectivity index is 2.09. The lowest BCUT2D eigenvalue weighted by Crippen LogP contribution is -2.47. The van der Waals surface area contributed by atoms with Crippen molar-refractivity contribution in [2.45, 2.75) is 39.8 Å². The summed E-state index contributed by atoms with van der Waals surface area (Å²) in [6, 6.07) is 6.67. The van der Waals surface area contributed by atoms with Crippen molar-refractivity contribution in [2.75, 3.05) is 31.2 Å². The Morgan fingerprint density at radius 3 is 2.73 bits per heavy atom. The van der Waals surface area contributed by atoms with Gasteiger partial charge in [0.05, 0.1) is 18.5 Å².